The highest BCUT2D eigenvalue weighted by molar-refractivity contribution is 5.93. The molecular formula is C5H6NO3-. The van der Waals surface area contributed by atoms with Gasteiger partial charge in [0.1, 0.15) is 0 Å². The molecule has 0 aliphatic heterocycles. The van der Waals surface area contributed by atoms with Gasteiger partial charge in [0.2, 0.25) is 5.91 Å². The van der Waals surface area contributed by atoms with Gasteiger partial charge in [-0.3, -0.25) is 4.79 Å². The molecule has 0 bridgehead atoms. The molecule has 0 atom stereocenters. The Morgan fingerprint density at radius 2 is 2.00 bits per heavy atom. The van der Waals surface area contributed by atoms with E-state index >= 15 is 0 Å². The largest absolute Gasteiger partial charge is 0.545 e. The molecule has 4 heteroatoms. The summed E-state index contributed by atoms with van der Waals surface area (Å²) in [6.07, 6.45) is 1.55. The summed E-state index contributed by atoms with van der Waals surface area (Å²) >= 11 is 0. The number of hydrogen-bond donors (Lipinski definition) is 1. The van der Waals surface area contributed by atoms with Crippen LogP contribution in [0.2, 0.25) is 0 Å². The fourth-order valence-electron chi connectivity index (χ4n) is 0.227. The fourth-order valence-corrected chi connectivity index (χ4v) is 0.227. The number of amides is 1. The standard InChI is InChI=1S/C5H7NO3/c1-6-4(7)2-3-5(8)9/h2-3H,1H3,(H,6,7)(H,8,9)/p-1. The van der Waals surface area contributed by atoms with Crippen LogP contribution < -0.4 is 10.4 Å². The molecule has 0 rings (SSSR count). The van der Waals surface area contributed by atoms with Crippen LogP contribution >= 0.6 is 0 Å². The highest BCUT2D eigenvalue weighted by Gasteiger charge is 1.84. The second-order valence-electron chi connectivity index (χ2n) is 1.27. The van der Waals surface area contributed by atoms with E-state index in [9.17, 15) is 14.7 Å². The van der Waals surface area contributed by atoms with Gasteiger partial charge in [0.25, 0.3) is 0 Å². The molecule has 4 nitrogen and oxygen atoms in total. The summed E-state index contributed by atoms with van der Waals surface area (Å²) in [6.45, 7) is 0. The number of aliphatic carboxylic acids is 1. The van der Waals surface area contributed by atoms with Gasteiger partial charge in [0.15, 0.2) is 0 Å². The maximum atomic E-state index is 10.2. The average Bonchev–Trinajstić information content (AvgIpc) is 1.83. The van der Waals surface area contributed by atoms with Crippen molar-refractivity contribution in [2.24, 2.45) is 0 Å². The first-order chi connectivity index (χ1) is 4.16. The van der Waals surface area contributed by atoms with Gasteiger partial charge < -0.3 is 15.2 Å². The number of carboxylic acid groups (broad SMARTS) is 1. The Bertz CT molecular complexity index is 150. The summed E-state index contributed by atoms with van der Waals surface area (Å²) in [5.74, 6) is -1.84. The second kappa shape index (κ2) is 3.65. The summed E-state index contributed by atoms with van der Waals surface area (Å²) in [5, 5.41) is 11.8. The van der Waals surface area contributed by atoms with E-state index in [0.717, 1.165) is 6.08 Å². The number of hydrogen-bond acceptors (Lipinski definition) is 3. The first-order valence-corrected chi connectivity index (χ1v) is 2.27. The molecule has 0 aromatic rings. The molecule has 0 fully saturated rings. The topological polar surface area (TPSA) is 69.2 Å². The van der Waals surface area contributed by atoms with Crippen LogP contribution in [0, 0.1) is 0 Å². The van der Waals surface area contributed by atoms with Crippen LogP contribution in [0.4, 0.5) is 0 Å². The molecule has 0 heterocycles. The van der Waals surface area contributed by atoms with Crippen molar-refractivity contribution in [3.8, 4) is 0 Å². The number of carbonyl (C=O) groups excluding carboxylic acids is 2. The lowest BCUT2D eigenvalue weighted by atomic mass is 10.5. The summed E-state index contributed by atoms with van der Waals surface area (Å²) in [5.41, 5.74) is 0. The molecule has 50 valence electrons. The molecule has 0 unspecified atom stereocenters. The zero-order valence-corrected chi connectivity index (χ0v) is 4.88. The lowest BCUT2D eigenvalue weighted by molar-refractivity contribution is -0.297. The predicted molar refractivity (Wildman–Crippen MR) is 28.2 cm³/mol. The molecule has 0 radical (unpaired) electrons. The van der Waals surface area contributed by atoms with Crippen LogP contribution in [0.1, 0.15) is 0 Å². The first kappa shape index (κ1) is 7.68. The molecule has 0 aliphatic rings. The lowest BCUT2D eigenvalue weighted by Crippen LogP contribution is -2.21. The molecule has 0 aromatic heterocycles. The van der Waals surface area contributed by atoms with Crippen molar-refractivity contribution in [2.45, 2.75) is 0 Å². The molecule has 0 spiro atoms. The lowest BCUT2D eigenvalue weighted by Gasteiger charge is -1.90. The molecule has 9 heavy (non-hydrogen) atoms. The van der Waals surface area contributed by atoms with Crippen LogP contribution in [0.15, 0.2) is 12.2 Å². The maximum absolute atomic E-state index is 10.2. The molecular weight excluding hydrogens is 122 g/mol. The smallest absolute Gasteiger partial charge is 0.243 e. The molecule has 1 N–H and O–H groups in total. The van der Waals surface area contributed by atoms with Crippen LogP contribution in [0.5, 0.6) is 0 Å². The highest BCUT2D eigenvalue weighted by Crippen LogP contribution is 1.68. The van der Waals surface area contributed by atoms with Gasteiger partial charge in [0, 0.05) is 13.1 Å². The van der Waals surface area contributed by atoms with Gasteiger partial charge in [-0.1, -0.05) is 0 Å². The van der Waals surface area contributed by atoms with Gasteiger partial charge >= 0.3 is 0 Å². The minimum Gasteiger partial charge on any atom is -0.545 e. The fraction of sp³-hybridized carbons (Fsp3) is 0.200. The van der Waals surface area contributed by atoms with E-state index in [1.165, 1.54) is 7.05 Å². The zero-order valence-electron chi connectivity index (χ0n) is 4.88. The summed E-state index contributed by atoms with van der Waals surface area (Å²) in [7, 11) is 1.40. The Kier molecular flexibility index (Phi) is 3.12. The Balaban J connectivity index is 3.71. The Morgan fingerprint density at radius 3 is 2.33 bits per heavy atom. The molecule has 1 amide bonds. The Labute approximate surface area is 52.2 Å². The van der Waals surface area contributed by atoms with Crippen LogP contribution in [0.25, 0.3) is 0 Å². The molecule has 0 saturated heterocycles. The number of carbonyl (C=O) groups is 2. The first-order valence-electron chi connectivity index (χ1n) is 2.27. The minimum atomic E-state index is -1.38. The third-order valence-corrected chi connectivity index (χ3v) is 0.617. The second-order valence-corrected chi connectivity index (χ2v) is 1.27. The van der Waals surface area contributed by atoms with Crippen molar-refractivity contribution in [3.63, 3.8) is 0 Å². The van der Waals surface area contributed by atoms with E-state index in [1.807, 2.05) is 0 Å². The average molecular weight is 128 g/mol. The number of nitrogens with one attached hydrogen (secondary N) is 1. The predicted octanol–water partition coefficient (Wildman–Crippen LogP) is -1.96. The van der Waals surface area contributed by atoms with E-state index in [0.29, 0.717) is 6.08 Å². The van der Waals surface area contributed by atoms with Gasteiger partial charge in [-0.2, -0.15) is 0 Å². The maximum Gasteiger partial charge on any atom is 0.243 e. The molecule has 0 aliphatic carbocycles. The van der Waals surface area contributed by atoms with Crippen molar-refractivity contribution in [1.82, 2.24) is 5.32 Å². The third kappa shape index (κ3) is 4.53. The quantitative estimate of drug-likeness (QED) is 0.439. The van der Waals surface area contributed by atoms with Gasteiger partial charge in [0.05, 0.1) is 5.97 Å². The van der Waals surface area contributed by atoms with Gasteiger partial charge in [-0.15, -0.1) is 0 Å². The number of rotatable bonds is 2. The van der Waals surface area contributed by atoms with Gasteiger partial charge in [-0.05, 0) is 6.08 Å². The van der Waals surface area contributed by atoms with Crippen molar-refractivity contribution in [3.05, 3.63) is 12.2 Å². The van der Waals surface area contributed by atoms with Gasteiger partial charge in [-0.25, -0.2) is 0 Å². The van der Waals surface area contributed by atoms with Crippen molar-refractivity contribution in [1.29, 1.82) is 0 Å². The van der Waals surface area contributed by atoms with Crippen molar-refractivity contribution < 1.29 is 14.7 Å². The minimum absolute atomic E-state index is 0.459. The van der Waals surface area contributed by atoms with Crippen molar-refractivity contribution in [2.75, 3.05) is 7.05 Å². The third-order valence-electron chi connectivity index (χ3n) is 0.617. The number of likely N-dealkylation sites (N-methyl/N-ethyl adjacent to an activating group) is 1. The Hall–Kier alpha value is -1.32. The Morgan fingerprint density at radius 1 is 1.44 bits per heavy atom. The number of carboxylic acids is 1. The summed E-state index contributed by atoms with van der Waals surface area (Å²) in [6, 6.07) is 0. The monoisotopic (exact) mass is 128 g/mol. The normalized spacial score (nSPS) is 9.44. The highest BCUT2D eigenvalue weighted by atomic mass is 16.4. The SMILES string of the molecule is CNC(=O)C=CC(=O)[O-]. The molecule has 0 saturated carbocycles. The van der Waals surface area contributed by atoms with E-state index in [1.54, 1.807) is 0 Å². The summed E-state index contributed by atoms with van der Waals surface area (Å²) in [4.78, 5) is 19.9. The molecule has 0 aromatic carbocycles. The van der Waals surface area contributed by atoms with E-state index in [2.05, 4.69) is 5.32 Å². The van der Waals surface area contributed by atoms with Crippen molar-refractivity contribution >= 4 is 11.9 Å². The van der Waals surface area contributed by atoms with E-state index in [4.69, 9.17) is 0 Å². The summed E-state index contributed by atoms with van der Waals surface area (Å²) < 4.78 is 0. The van der Waals surface area contributed by atoms with Crippen LogP contribution in [0.3, 0.4) is 0 Å². The van der Waals surface area contributed by atoms with Crippen LogP contribution in [-0.4, -0.2) is 18.9 Å². The van der Waals surface area contributed by atoms with Crippen LogP contribution in [-0.2, 0) is 9.59 Å². The zero-order chi connectivity index (χ0) is 7.28. The van der Waals surface area contributed by atoms with E-state index < -0.39 is 11.9 Å². The van der Waals surface area contributed by atoms with E-state index in [-0.39, 0.29) is 0 Å².